The molecule has 1 aliphatic heterocycles. The number of benzene rings is 1. The smallest absolute Gasteiger partial charge is 0.0816 e. The predicted octanol–water partition coefficient (Wildman–Crippen LogP) is 2.72. The maximum absolute atomic E-state index is 10.5. The standard InChI is InChI=1S/C15H24N2O/c1-12(2)15(3,18)11-17-10-6-9-16-13-7-4-5-8-14(13)17/h4-5,7-8,12,16,18H,6,9-11H2,1-3H3. The van der Waals surface area contributed by atoms with Gasteiger partial charge < -0.3 is 15.3 Å². The molecule has 0 amide bonds. The van der Waals surface area contributed by atoms with Crippen LogP contribution in [0.15, 0.2) is 24.3 Å². The fourth-order valence-corrected chi connectivity index (χ4v) is 2.25. The minimum Gasteiger partial charge on any atom is -0.388 e. The van der Waals surface area contributed by atoms with E-state index in [2.05, 4.69) is 48.3 Å². The van der Waals surface area contributed by atoms with Crippen LogP contribution in [0.25, 0.3) is 0 Å². The predicted molar refractivity (Wildman–Crippen MR) is 77.2 cm³/mol. The third kappa shape index (κ3) is 2.78. The van der Waals surface area contributed by atoms with Gasteiger partial charge in [-0.3, -0.25) is 0 Å². The lowest BCUT2D eigenvalue weighted by atomic mass is 9.91. The molecule has 1 aliphatic rings. The molecule has 1 atom stereocenters. The molecule has 3 heteroatoms. The van der Waals surface area contributed by atoms with Crippen molar-refractivity contribution in [2.75, 3.05) is 29.9 Å². The molecular formula is C15H24N2O. The van der Waals surface area contributed by atoms with Crippen LogP contribution in [0.4, 0.5) is 11.4 Å². The van der Waals surface area contributed by atoms with E-state index in [1.165, 1.54) is 11.4 Å². The summed E-state index contributed by atoms with van der Waals surface area (Å²) in [5.41, 5.74) is 1.72. The molecule has 0 saturated carbocycles. The number of hydrogen-bond acceptors (Lipinski definition) is 3. The van der Waals surface area contributed by atoms with Crippen molar-refractivity contribution in [3.63, 3.8) is 0 Å². The van der Waals surface area contributed by atoms with E-state index in [0.717, 1.165) is 19.5 Å². The van der Waals surface area contributed by atoms with Gasteiger partial charge in [0.25, 0.3) is 0 Å². The Bertz CT molecular complexity index is 401. The van der Waals surface area contributed by atoms with Crippen LogP contribution in [0.3, 0.4) is 0 Å². The van der Waals surface area contributed by atoms with Crippen molar-refractivity contribution < 1.29 is 5.11 Å². The number of fused-ring (bicyclic) bond motifs is 1. The first-order valence-corrected chi connectivity index (χ1v) is 6.81. The maximum Gasteiger partial charge on any atom is 0.0816 e. The van der Waals surface area contributed by atoms with Crippen molar-refractivity contribution in [3.8, 4) is 0 Å². The van der Waals surface area contributed by atoms with Crippen LogP contribution in [-0.2, 0) is 0 Å². The summed E-state index contributed by atoms with van der Waals surface area (Å²) in [5, 5.41) is 13.9. The lowest BCUT2D eigenvalue weighted by molar-refractivity contribution is 0.0207. The molecule has 1 aromatic rings. The molecule has 2 rings (SSSR count). The number of para-hydroxylation sites is 2. The first-order chi connectivity index (χ1) is 8.50. The van der Waals surface area contributed by atoms with Gasteiger partial charge in [0.1, 0.15) is 0 Å². The summed E-state index contributed by atoms with van der Waals surface area (Å²) in [5.74, 6) is 0.251. The quantitative estimate of drug-likeness (QED) is 0.863. The van der Waals surface area contributed by atoms with Gasteiger partial charge in [0.15, 0.2) is 0 Å². The Hall–Kier alpha value is -1.22. The van der Waals surface area contributed by atoms with E-state index in [1.807, 2.05) is 6.92 Å². The van der Waals surface area contributed by atoms with E-state index in [1.54, 1.807) is 0 Å². The lowest BCUT2D eigenvalue weighted by Gasteiger charge is -2.35. The minimum atomic E-state index is -0.655. The van der Waals surface area contributed by atoms with Crippen molar-refractivity contribution in [1.82, 2.24) is 0 Å². The number of nitrogens with one attached hydrogen (secondary N) is 1. The summed E-state index contributed by atoms with van der Waals surface area (Å²) < 4.78 is 0. The Labute approximate surface area is 110 Å². The molecule has 0 bridgehead atoms. The Morgan fingerprint density at radius 1 is 1.39 bits per heavy atom. The van der Waals surface area contributed by atoms with Gasteiger partial charge in [-0.15, -0.1) is 0 Å². The molecule has 0 fully saturated rings. The zero-order valence-corrected chi connectivity index (χ0v) is 11.6. The third-order valence-corrected chi connectivity index (χ3v) is 3.92. The van der Waals surface area contributed by atoms with Gasteiger partial charge in [-0.2, -0.15) is 0 Å². The molecule has 0 aliphatic carbocycles. The highest BCUT2D eigenvalue weighted by molar-refractivity contribution is 5.70. The SMILES string of the molecule is CC(C)C(C)(O)CN1CCCNc2ccccc21. The molecule has 3 nitrogen and oxygen atoms in total. The van der Waals surface area contributed by atoms with E-state index in [0.29, 0.717) is 6.54 Å². The summed E-state index contributed by atoms with van der Waals surface area (Å²) in [6.07, 6.45) is 1.10. The number of rotatable bonds is 3. The van der Waals surface area contributed by atoms with Crippen molar-refractivity contribution in [2.45, 2.75) is 32.8 Å². The van der Waals surface area contributed by atoms with Gasteiger partial charge in [-0.1, -0.05) is 26.0 Å². The van der Waals surface area contributed by atoms with Crippen LogP contribution in [0.1, 0.15) is 27.2 Å². The highest BCUT2D eigenvalue weighted by Gasteiger charge is 2.29. The zero-order chi connectivity index (χ0) is 13.2. The second-order valence-electron chi connectivity index (χ2n) is 5.73. The summed E-state index contributed by atoms with van der Waals surface area (Å²) in [6, 6.07) is 8.35. The molecule has 100 valence electrons. The number of hydrogen-bond donors (Lipinski definition) is 2. The van der Waals surface area contributed by atoms with Gasteiger partial charge in [0.05, 0.1) is 17.0 Å². The fraction of sp³-hybridized carbons (Fsp3) is 0.600. The van der Waals surface area contributed by atoms with Gasteiger partial charge in [0.2, 0.25) is 0 Å². The van der Waals surface area contributed by atoms with Crippen LogP contribution in [0, 0.1) is 5.92 Å². The van der Waals surface area contributed by atoms with Crippen molar-refractivity contribution >= 4 is 11.4 Å². The first-order valence-electron chi connectivity index (χ1n) is 6.81. The van der Waals surface area contributed by atoms with E-state index >= 15 is 0 Å². The third-order valence-electron chi connectivity index (χ3n) is 3.92. The molecule has 1 unspecified atom stereocenters. The molecule has 18 heavy (non-hydrogen) atoms. The topological polar surface area (TPSA) is 35.5 Å². The second kappa shape index (κ2) is 5.19. The molecule has 0 radical (unpaired) electrons. The summed E-state index contributed by atoms with van der Waals surface area (Å²) >= 11 is 0. The molecule has 0 spiro atoms. The van der Waals surface area contributed by atoms with Gasteiger partial charge in [0, 0.05) is 19.6 Å². The zero-order valence-electron chi connectivity index (χ0n) is 11.6. The molecule has 0 aromatic heterocycles. The lowest BCUT2D eigenvalue weighted by Crippen LogP contribution is -2.45. The largest absolute Gasteiger partial charge is 0.388 e. The number of aliphatic hydroxyl groups is 1. The maximum atomic E-state index is 10.5. The van der Waals surface area contributed by atoms with Gasteiger partial charge in [-0.25, -0.2) is 0 Å². The number of β-amino-alcohol motifs (C(OH)–C–C–N with tert-alkyl or cyclic N) is 1. The van der Waals surface area contributed by atoms with Crippen molar-refractivity contribution in [2.24, 2.45) is 5.92 Å². The molecule has 1 heterocycles. The molecule has 2 N–H and O–H groups in total. The Morgan fingerprint density at radius 3 is 2.83 bits per heavy atom. The average molecular weight is 248 g/mol. The van der Waals surface area contributed by atoms with Crippen LogP contribution >= 0.6 is 0 Å². The highest BCUT2D eigenvalue weighted by Crippen LogP contribution is 2.30. The van der Waals surface area contributed by atoms with Crippen molar-refractivity contribution in [3.05, 3.63) is 24.3 Å². The Kier molecular flexibility index (Phi) is 3.81. The fourth-order valence-electron chi connectivity index (χ4n) is 2.25. The monoisotopic (exact) mass is 248 g/mol. The average Bonchev–Trinajstić information content (AvgIpc) is 2.52. The van der Waals surface area contributed by atoms with Crippen LogP contribution in [0.5, 0.6) is 0 Å². The van der Waals surface area contributed by atoms with E-state index < -0.39 is 5.60 Å². The Balaban J connectivity index is 2.23. The van der Waals surface area contributed by atoms with Crippen LogP contribution in [-0.4, -0.2) is 30.3 Å². The summed E-state index contributed by atoms with van der Waals surface area (Å²) in [4.78, 5) is 2.30. The second-order valence-corrected chi connectivity index (χ2v) is 5.73. The summed E-state index contributed by atoms with van der Waals surface area (Å²) in [6.45, 7) is 8.75. The number of anilines is 2. The van der Waals surface area contributed by atoms with Crippen LogP contribution in [0.2, 0.25) is 0 Å². The normalized spacial score (nSPS) is 18.8. The van der Waals surface area contributed by atoms with E-state index in [9.17, 15) is 5.11 Å². The van der Waals surface area contributed by atoms with E-state index in [-0.39, 0.29) is 5.92 Å². The minimum absolute atomic E-state index is 0.251. The summed E-state index contributed by atoms with van der Waals surface area (Å²) in [7, 11) is 0. The first kappa shape index (κ1) is 13.2. The highest BCUT2D eigenvalue weighted by atomic mass is 16.3. The molecule has 0 saturated heterocycles. The van der Waals surface area contributed by atoms with Gasteiger partial charge in [-0.05, 0) is 31.4 Å². The molecular weight excluding hydrogens is 224 g/mol. The Morgan fingerprint density at radius 2 is 2.11 bits per heavy atom. The number of nitrogens with zero attached hydrogens (tertiary/aromatic N) is 1. The van der Waals surface area contributed by atoms with Crippen LogP contribution < -0.4 is 10.2 Å². The van der Waals surface area contributed by atoms with E-state index in [4.69, 9.17) is 0 Å². The van der Waals surface area contributed by atoms with Crippen molar-refractivity contribution in [1.29, 1.82) is 0 Å². The molecule has 1 aromatic carbocycles. The van der Waals surface area contributed by atoms with Gasteiger partial charge >= 0.3 is 0 Å².